The van der Waals surface area contributed by atoms with Crippen LogP contribution in [-0.2, 0) is 19.7 Å². The van der Waals surface area contributed by atoms with E-state index in [0.717, 1.165) is 0 Å². The van der Waals surface area contributed by atoms with Crippen molar-refractivity contribution in [1.29, 1.82) is 0 Å². The standard InChI is InChI=1S/C5H13N4O5PS/c6-4-2-1-3-9(5(4)10)15(7,11)8-16(12,13)14/h4H,1-3,6H2,(H3,7,8,11)(H,12,13,14)/t4?,15-/m1/s1. The number of nitrogens with one attached hydrogen (secondary N) is 1. The number of hydrogen-bond donors (Lipinski definition) is 4. The van der Waals surface area contributed by atoms with Gasteiger partial charge in [-0.1, -0.05) is 0 Å². The molecule has 94 valence electrons. The molecule has 0 aliphatic carbocycles. The van der Waals surface area contributed by atoms with Crippen LogP contribution in [0.1, 0.15) is 12.8 Å². The smallest absolute Gasteiger partial charge is 0.320 e. The SMILES string of the molecule is NC1CCCN([P@](N)(=O)NS(=O)(=O)O)C1=O. The van der Waals surface area contributed by atoms with E-state index < -0.39 is 29.8 Å². The Labute approximate surface area is 92.6 Å². The molecule has 0 bridgehead atoms. The Morgan fingerprint density at radius 1 is 1.56 bits per heavy atom. The lowest BCUT2D eigenvalue weighted by Crippen LogP contribution is -2.50. The minimum Gasteiger partial charge on any atom is -0.320 e. The highest BCUT2D eigenvalue weighted by Crippen LogP contribution is 2.39. The first-order valence-corrected chi connectivity index (χ1v) is 7.53. The van der Waals surface area contributed by atoms with Crippen molar-refractivity contribution in [2.75, 3.05) is 6.54 Å². The highest BCUT2D eigenvalue weighted by Gasteiger charge is 2.38. The number of rotatable bonds is 3. The van der Waals surface area contributed by atoms with Crippen LogP contribution in [0.25, 0.3) is 0 Å². The molecule has 0 radical (unpaired) electrons. The molecule has 2 atom stereocenters. The van der Waals surface area contributed by atoms with E-state index in [4.69, 9.17) is 15.8 Å². The van der Waals surface area contributed by atoms with Crippen LogP contribution in [0.5, 0.6) is 0 Å². The minimum absolute atomic E-state index is 0.0306. The maximum Gasteiger partial charge on any atom is 0.341 e. The van der Waals surface area contributed by atoms with E-state index >= 15 is 0 Å². The molecule has 16 heavy (non-hydrogen) atoms. The zero-order chi connectivity index (χ0) is 12.6. The summed E-state index contributed by atoms with van der Waals surface area (Å²) in [7, 11) is -8.91. The van der Waals surface area contributed by atoms with Gasteiger partial charge in [-0.25, -0.2) is 0 Å². The van der Waals surface area contributed by atoms with Crippen LogP contribution in [-0.4, -0.2) is 36.1 Å². The molecular weight excluding hydrogens is 259 g/mol. The first-order chi connectivity index (χ1) is 7.13. The van der Waals surface area contributed by atoms with Crippen LogP contribution in [0, 0.1) is 0 Å². The summed E-state index contributed by atoms with van der Waals surface area (Å²) in [6.45, 7) is 0.0306. The summed E-state index contributed by atoms with van der Waals surface area (Å²) in [6.07, 6.45) is 0.877. The van der Waals surface area contributed by atoms with Gasteiger partial charge in [-0.2, -0.15) is 8.42 Å². The number of nitrogens with zero attached hydrogens (tertiary/aromatic N) is 1. The fraction of sp³-hybridized carbons (Fsp3) is 0.800. The van der Waals surface area contributed by atoms with Crippen molar-refractivity contribution in [3.8, 4) is 0 Å². The van der Waals surface area contributed by atoms with Gasteiger partial charge in [0, 0.05) is 6.54 Å². The number of carbonyl (C=O) groups excluding carboxylic acids is 1. The molecular formula is C5H13N4O5PS. The van der Waals surface area contributed by atoms with E-state index in [2.05, 4.69) is 0 Å². The monoisotopic (exact) mass is 272 g/mol. The fourth-order valence-corrected chi connectivity index (χ4v) is 3.99. The predicted octanol–water partition coefficient (Wildman–Crippen LogP) is -1.60. The largest absolute Gasteiger partial charge is 0.341 e. The van der Waals surface area contributed by atoms with Gasteiger partial charge in [-0.3, -0.25) is 24.1 Å². The van der Waals surface area contributed by atoms with Crippen molar-refractivity contribution in [3.05, 3.63) is 0 Å². The second kappa shape index (κ2) is 4.40. The molecule has 1 fully saturated rings. The van der Waals surface area contributed by atoms with Crippen molar-refractivity contribution >= 4 is 23.8 Å². The molecule has 0 aromatic heterocycles. The van der Waals surface area contributed by atoms with Crippen LogP contribution in [0.15, 0.2) is 0 Å². The van der Waals surface area contributed by atoms with Gasteiger partial charge in [0.1, 0.15) is 0 Å². The molecule has 1 rings (SSSR count). The summed E-state index contributed by atoms with van der Waals surface area (Å²) in [5, 5.41) is 0. The third-order valence-corrected chi connectivity index (χ3v) is 5.15. The summed E-state index contributed by atoms with van der Waals surface area (Å²) >= 11 is 0. The lowest BCUT2D eigenvalue weighted by atomic mass is 10.1. The molecule has 9 nitrogen and oxygen atoms in total. The van der Waals surface area contributed by atoms with Gasteiger partial charge in [-0.15, -0.1) is 4.49 Å². The van der Waals surface area contributed by atoms with E-state index in [0.29, 0.717) is 17.5 Å². The molecule has 1 unspecified atom stereocenters. The Kier molecular flexibility index (Phi) is 3.72. The second-order valence-corrected chi connectivity index (χ2v) is 6.81. The fourth-order valence-electron chi connectivity index (χ4n) is 1.40. The number of hydrogen-bond acceptors (Lipinski definition) is 5. The van der Waals surface area contributed by atoms with E-state index in [1.54, 1.807) is 0 Å². The molecule has 1 aliphatic heterocycles. The molecule has 0 aromatic carbocycles. The summed E-state index contributed by atoms with van der Waals surface area (Å²) in [5.74, 6) is -0.701. The topological polar surface area (TPSA) is 156 Å². The molecule has 0 saturated carbocycles. The molecule has 6 N–H and O–H groups in total. The molecule has 1 heterocycles. The van der Waals surface area contributed by atoms with Gasteiger partial charge in [0.15, 0.2) is 0 Å². The highest BCUT2D eigenvalue weighted by atomic mass is 32.2. The lowest BCUT2D eigenvalue weighted by molar-refractivity contribution is -0.129. The van der Waals surface area contributed by atoms with Crippen LogP contribution in [0.2, 0.25) is 0 Å². The minimum atomic E-state index is -4.74. The zero-order valence-electron chi connectivity index (χ0n) is 8.24. The normalized spacial score (nSPS) is 26.6. The average molecular weight is 272 g/mol. The van der Waals surface area contributed by atoms with Gasteiger partial charge >= 0.3 is 17.9 Å². The van der Waals surface area contributed by atoms with Gasteiger partial charge in [0.2, 0.25) is 5.91 Å². The Morgan fingerprint density at radius 3 is 2.62 bits per heavy atom. The van der Waals surface area contributed by atoms with Crippen LogP contribution < -0.4 is 15.7 Å². The van der Waals surface area contributed by atoms with Crippen LogP contribution >= 0.6 is 7.59 Å². The van der Waals surface area contributed by atoms with Crippen molar-refractivity contribution in [2.24, 2.45) is 11.2 Å². The number of nitrogens with two attached hydrogens (primary N) is 2. The lowest BCUT2D eigenvalue weighted by Gasteiger charge is -2.33. The van der Waals surface area contributed by atoms with Crippen LogP contribution in [0.3, 0.4) is 0 Å². The van der Waals surface area contributed by atoms with Crippen molar-refractivity contribution in [2.45, 2.75) is 18.9 Å². The summed E-state index contributed by atoms with van der Waals surface area (Å²) < 4.78 is 43.2. The highest BCUT2D eigenvalue weighted by molar-refractivity contribution is 7.90. The molecule has 1 amide bonds. The first-order valence-electron chi connectivity index (χ1n) is 4.36. The molecule has 0 spiro atoms. The molecule has 0 aromatic rings. The third-order valence-electron chi connectivity index (χ3n) is 2.06. The maximum absolute atomic E-state index is 11.7. The summed E-state index contributed by atoms with van der Waals surface area (Å²) in [6, 6.07) is -0.853. The average Bonchev–Trinajstić information content (AvgIpc) is 2.05. The molecule has 1 saturated heterocycles. The van der Waals surface area contributed by atoms with Gasteiger partial charge in [0.25, 0.3) is 0 Å². The van der Waals surface area contributed by atoms with Crippen LogP contribution in [0.4, 0.5) is 0 Å². The summed E-state index contributed by atoms with van der Waals surface area (Å²) in [4.78, 5) is 11.5. The Hall–Kier alpha value is -0.510. The first kappa shape index (κ1) is 13.6. The number of amides is 1. The van der Waals surface area contributed by atoms with Gasteiger partial charge in [-0.05, 0) is 12.8 Å². The van der Waals surface area contributed by atoms with E-state index in [1.807, 2.05) is 0 Å². The Morgan fingerprint density at radius 2 is 2.12 bits per heavy atom. The number of carbonyl (C=O) groups is 1. The maximum atomic E-state index is 11.7. The quantitative estimate of drug-likeness (QED) is 0.356. The van der Waals surface area contributed by atoms with E-state index in [1.165, 1.54) is 4.49 Å². The second-order valence-electron chi connectivity index (χ2n) is 3.40. The van der Waals surface area contributed by atoms with Crippen molar-refractivity contribution in [3.63, 3.8) is 0 Å². The van der Waals surface area contributed by atoms with Crippen molar-refractivity contribution < 1.29 is 22.3 Å². The van der Waals surface area contributed by atoms with E-state index in [9.17, 15) is 17.8 Å². The van der Waals surface area contributed by atoms with E-state index in [-0.39, 0.29) is 6.54 Å². The number of piperidine rings is 1. The molecule has 11 heteroatoms. The predicted molar refractivity (Wildman–Crippen MR) is 55.4 cm³/mol. The zero-order valence-corrected chi connectivity index (χ0v) is 9.95. The van der Waals surface area contributed by atoms with Gasteiger partial charge in [0.05, 0.1) is 6.04 Å². The summed E-state index contributed by atoms with van der Waals surface area (Å²) in [5.41, 5.74) is 10.6. The molecule has 1 aliphatic rings. The Bertz CT molecular complexity index is 436. The Balaban J connectivity index is 2.91. The van der Waals surface area contributed by atoms with Gasteiger partial charge < -0.3 is 5.73 Å². The third kappa shape index (κ3) is 3.24. The van der Waals surface area contributed by atoms with Crippen molar-refractivity contribution in [1.82, 2.24) is 9.16 Å².